The first kappa shape index (κ1) is 14.2. The van der Waals surface area contributed by atoms with Crippen LogP contribution in [0.4, 0.5) is 19.0 Å². The van der Waals surface area contributed by atoms with Crippen molar-refractivity contribution in [1.29, 1.82) is 0 Å². The summed E-state index contributed by atoms with van der Waals surface area (Å²) in [6.07, 6.45) is -2.45. The second kappa shape index (κ2) is 5.68. The average molecular weight is 312 g/mol. The summed E-state index contributed by atoms with van der Waals surface area (Å²) in [6.45, 7) is 0.871. The van der Waals surface area contributed by atoms with Crippen molar-refractivity contribution in [1.82, 2.24) is 4.98 Å². The maximum Gasteiger partial charge on any atom is 0.419 e. The van der Waals surface area contributed by atoms with Gasteiger partial charge in [-0.2, -0.15) is 13.2 Å². The highest BCUT2D eigenvalue weighted by molar-refractivity contribution is 9.10. The molecule has 0 fully saturated rings. The van der Waals surface area contributed by atoms with Crippen LogP contribution in [0.5, 0.6) is 0 Å². The number of anilines is 1. The van der Waals surface area contributed by atoms with Crippen LogP contribution in [0, 0.1) is 0 Å². The van der Waals surface area contributed by atoms with Crippen molar-refractivity contribution in [3.05, 3.63) is 22.3 Å². The Hall–Kier alpha value is -0.820. The molecule has 17 heavy (non-hydrogen) atoms. The molecule has 0 aromatic carbocycles. The smallest absolute Gasteiger partial charge is 0.359 e. The van der Waals surface area contributed by atoms with Gasteiger partial charge in [0.05, 0.1) is 5.56 Å². The van der Waals surface area contributed by atoms with Gasteiger partial charge in [0.15, 0.2) is 0 Å². The standard InChI is InChI=1S/C10H13BrF3N3/c1-17(4-2-3-15)9-8(10(12,13)14)5-7(11)6-16-9/h5-6H,2-4,15H2,1H3. The zero-order chi connectivity index (χ0) is 13.1. The number of nitrogens with zero attached hydrogens (tertiary/aromatic N) is 2. The topological polar surface area (TPSA) is 42.1 Å². The first-order chi connectivity index (χ1) is 7.86. The number of aromatic nitrogens is 1. The predicted molar refractivity (Wildman–Crippen MR) is 63.9 cm³/mol. The zero-order valence-corrected chi connectivity index (χ0v) is 10.8. The van der Waals surface area contributed by atoms with Gasteiger partial charge in [0.2, 0.25) is 0 Å². The molecule has 3 nitrogen and oxygen atoms in total. The molecule has 1 heterocycles. The SMILES string of the molecule is CN(CCCN)c1ncc(Br)cc1C(F)(F)F. The number of halogens is 4. The summed E-state index contributed by atoms with van der Waals surface area (Å²) in [7, 11) is 1.57. The molecule has 0 aliphatic carbocycles. The molecule has 0 saturated carbocycles. The summed E-state index contributed by atoms with van der Waals surface area (Å²) in [5.74, 6) is -0.0749. The largest absolute Gasteiger partial charge is 0.419 e. The van der Waals surface area contributed by atoms with E-state index in [0.29, 0.717) is 24.0 Å². The minimum Gasteiger partial charge on any atom is -0.359 e. The fourth-order valence-electron chi connectivity index (χ4n) is 1.38. The predicted octanol–water partition coefficient (Wildman–Crippen LogP) is 2.65. The Bertz CT molecular complexity index is 382. The third-order valence-electron chi connectivity index (χ3n) is 2.20. The van der Waals surface area contributed by atoms with Crippen LogP contribution >= 0.6 is 15.9 Å². The van der Waals surface area contributed by atoms with E-state index in [1.165, 1.54) is 11.1 Å². The van der Waals surface area contributed by atoms with Gasteiger partial charge in [0, 0.05) is 24.3 Å². The lowest BCUT2D eigenvalue weighted by atomic mass is 10.2. The number of nitrogens with two attached hydrogens (primary N) is 1. The highest BCUT2D eigenvalue weighted by Crippen LogP contribution is 2.36. The molecule has 0 radical (unpaired) electrons. The average Bonchev–Trinajstić information content (AvgIpc) is 2.24. The molecule has 0 bridgehead atoms. The summed E-state index contributed by atoms with van der Waals surface area (Å²) in [4.78, 5) is 5.28. The Morgan fingerprint density at radius 1 is 1.47 bits per heavy atom. The summed E-state index contributed by atoms with van der Waals surface area (Å²) in [5, 5.41) is 0. The van der Waals surface area contributed by atoms with Crippen LogP contribution < -0.4 is 10.6 Å². The molecule has 0 saturated heterocycles. The first-order valence-electron chi connectivity index (χ1n) is 5.00. The molecule has 0 spiro atoms. The van der Waals surface area contributed by atoms with Gasteiger partial charge in [-0.15, -0.1) is 0 Å². The Balaban J connectivity index is 3.06. The molecule has 96 valence electrons. The highest BCUT2D eigenvalue weighted by atomic mass is 79.9. The van der Waals surface area contributed by atoms with Crippen LogP contribution in [0.1, 0.15) is 12.0 Å². The summed E-state index contributed by atoms with van der Waals surface area (Å²) in [5.41, 5.74) is 4.58. The number of rotatable bonds is 4. The molecule has 1 aromatic heterocycles. The molecule has 7 heteroatoms. The van der Waals surface area contributed by atoms with Crippen LogP contribution in [0.15, 0.2) is 16.7 Å². The van der Waals surface area contributed by atoms with Crippen molar-refractivity contribution in [2.45, 2.75) is 12.6 Å². The van der Waals surface area contributed by atoms with Crippen molar-refractivity contribution in [3.8, 4) is 0 Å². The van der Waals surface area contributed by atoms with Crippen LogP contribution in [0.3, 0.4) is 0 Å². The monoisotopic (exact) mass is 311 g/mol. The van der Waals surface area contributed by atoms with Crippen molar-refractivity contribution in [2.24, 2.45) is 5.73 Å². The normalized spacial score (nSPS) is 11.6. The minimum atomic E-state index is -4.41. The van der Waals surface area contributed by atoms with Crippen LogP contribution in [-0.2, 0) is 6.18 Å². The summed E-state index contributed by atoms with van der Waals surface area (Å²) in [6, 6.07) is 1.03. The van der Waals surface area contributed by atoms with Gasteiger partial charge >= 0.3 is 6.18 Å². The Kier molecular flexibility index (Phi) is 4.76. The number of hydrogen-bond acceptors (Lipinski definition) is 3. The Morgan fingerprint density at radius 3 is 2.65 bits per heavy atom. The number of hydrogen-bond donors (Lipinski definition) is 1. The third-order valence-corrected chi connectivity index (χ3v) is 2.63. The lowest BCUT2D eigenvalue weighted by Crippen LogP contribution is -2.25. The van der Waals surface area contributed by atoms with E-state index in [-0.39, 0.29) is 5.82 Å². The Labute approximate surface area is 106 Å². The maximum atomic E-state index is 12.8. The van der Waals surface area contributed by atoms with Crippen molar-refractivity contribution in [3.63, 3.8) is 0 Å². The minimum absolute atomic E-state index is 0.0749. The molecule has 0 atom stereocenters. The van der Waals surface area contributed by atoms with E-state index in [1.807, 2.05) is 0 Å². The summed E-state index contributed by atoms with van der Waals surface area (Å²) >= 11 is 2.99. The van der Waals surface area contributed by atoms with Gasteiger partial charge < -0.3 is 10.6 Å². The van der Waals surface area contributed by atoms with Gasteiger partial charge in [0.25, 0.3) is 0 Å². The van der Waals surface area contributed by atoms with Crippen LogP contribution in [0.2, 0.25) is 0 Å². The quantitative estimate of drug-likeness (QED) is 0.929. The molecular formula is C10H13BrF3N3. The van der Waals surface area contributed by atoms with E-state index < -0.39 is 11.7 Å². The summed E-state index contributed by atoms with van der Waals surface area (Å²) < 4.78 is 38.7. The van der Waals surface area contributed by atoms with Crippen molar-refractivity contribution in [2.75, 3.05) is 25.0 Å². The zero-order valence-electron chi connectivity index (χ0n) is 9.26. The number of alkyl halides is 3. The van der Waals surface area contributed by atoms with Gasteiger partial charge in [-0.25, -0.2) is 4.98 Å². The van der Waals surface area contributed by atoms with E-state index in [9.17, 15) is 13.2 Å². The molecule has 0 amide bonds. The lowest BCUT2D eigenvalue weighted by Gasteiger charge is -2.22. The van der Waals surface area contributed by atoms with Crippen molar-refractivity contribution < 1.29 is 13.2 Å². The fourth-order valence-corrected chi connectivity index (χ4v) is 1.71. The second-order valence-electron chi connectivity index (χ2n) is 3.59. The molecular weight excluding hydrogens is 299 g/mol. The second-order valence-corrected chi connectivity index (χ2v) is 4.50. The first-order valence-corrected chi connectivity index (χ1v) is 5.79. The third kappa shape index (κ3) is 3.85. The molecule has 0 aliphatic heterocycles. The van der Waals surface area contributed by atoms with Gasteiger partial charge in [-0.3, -0.25) is 0 Å². The van der Waals surface area contributed by atoms with Crippen LogP contribution in [0.25, 0.3) is 0 Å². The van der Waals surface area contributed by atoms with E-state index in [2.05, 4.69) is 20.9 Å². The molecule has 0 aliphatic rings. The van der Waals surface area contributed by atoms with E-state index in [4.69, 9.17) is 5.73 Å². The molecule has 1 rings (SSSR count). The highest BCUT2D eigenvalue weighted by Gasteiger charge is 2.35. The van der Waals surface area contributed by atoms with Gasteiger partial charge in [0.1, 0.15) is 5.82 Å². The van der Waals surface area contributed by atoms with Gasteiger partial charge in [-0.1, -0.05) is 0 Å². The fraction of sp³-hybridized carbons (Fsp3) is 0.500. The number of pyridine rings is 1. The van der Waals surface area contributed by atoms with Crippen LogP contribution in [-0.4, -0.2) is 25.1 Å². The molecule has 1 aromatic rings. The molecule has 0 unspecified atom stereocenters. The lowest BCUT2D eigenvalue weighted by molar-refractivity contribution is -0.137. The van der Waals surface area contributed by atoms with E-state index in [1.54, 1.807) is 7.05 Å². The van der Waals surface area contributed by atoms with Crippen molar-refractivity contribution >= 4 is 21.7 Å². The molecule has 2 N–H and O–H groups in total. The van der Waals surface area contributed by atoms with Gasteiger partial charge in [-0.05, 0) is 35.0 Å². The maximum absolute atomic E-state index is 12.8. The van der Waals surface area contributed by atoms with E-state index >= 15 is 0 Å². The Morgan fingerprint density at radius 2 is 2.12 bits per heavy atom. The van der Waals surface area contributed by atoms with E-state index in [0.717, 1.165) is 6.07 Å².